The Hall–Kier alpha value is -0.860. The minimum Gasteiger partial charge on any atom is -0.343 e. The fourth-order valence-corrected chi connectivity index (χ4v) is 2.15. The van der Waals surface area contributed by atoms with E-state index in [1.165, 1.54) is 0 Å². The van der Waals surface area contributed by atoms with Gasteiger partial charge in [0.15, 0.2) is 5.79 Å². The summed E-state index contributed by atoms with van der Waals surface area (Å²) < 4.78 is 11.8. The molecule has 1 atom stereocenters. The minimum absolute atomic E-state index is 0.489. The molecule has 1 aliphatic heterocycles. The second-order valence-electron chi connectivity index (χ2n) is 4.53. The third-order valence-electron chi connectivity index (χ3n) is 3.28. The number of rotatable bonds is 4. The largest absolute Gasteiger partial charge is 0.343 e. The first-order valence-corrected chi connectivity index (χ1v) is 6.10. The van der Waals surface area contributed by atoms with Crippen LogP contribution in [0.4, 0.5) is 0 Å². The van der Waals surface area contributed by atoms with Gasteiger partial charge >= 0.3 is 0 Å². The fourth-order valence-electron chi connectivity index (χ4n) is 2.15. The van der Waals surface area contributed by atoms with E-state index >= 15 is 0 Å². The fraction of sp³-hybridized carbons (Fsp3) is 0.571. The molecule has 0 bridgehead atoms. The second-order valence-corrected chi connectivity index (χ2v) is 4.53. The highest BCUT2D eigenvalue weighted by atomic mass is 16.7. The van der Waals surface area contributed by atoms with Crippen molar-refractivity contribution in [2.24, 2.45) is 5.92 Å². The van der Waals surface area contributed by atoms with Crippen LogP contribution in [0.5, 0.6) is 0 Å². The monoisotopic (exact) mass is 220 g/mol. The molecular weight excluding hydrogens is 200 g/mol. The van der Waals surface area contributed by atoms with Crippen molar-refractivity contribution in [2.75, 3.05) is 13.2 Å². The van der Waals surface area contributed by atoms with Gasteiger partial charge in [-0.15, -0.1) is 0 Å². The molecule has 1 aliphatic rings. The van der Waals surface area contributed by atoms with E-state index in [4.69, 9.17) is 9.47 Å². The zero-order chi connectivity index (χ0) is 11.4. The molecule has 1 saturated heterocycles. The predicted octanol–water partition coefficient (Wildman–Crippen LogP) is 3.32. The van der Waals surface area contributed by atoms with Gasteiger partial charge in [0, 0.05) is 12.0 Å². The molecule has 1 aromatic carbocycles. The van der Waals surface area contributed by atoms with Gasteiger partial charge in [-0.25, -0.2) is 0 Å². The number of hydrogen-bond donors (Lipinski definition) is 0. The van der Waals surface area contributed by atoms with Crippen molar-refractivity contribution in [1.29, 1.82) is 0 Å². The van der Waals surface area contributed by atoms with Gasteiger partial charge in [-0.1, -0.05) is 50.6 Å². The van der Waals surface area contributed by atoms with E-state index in [2.05, 4.69) is 26.0 Å². The minimum atomic E-state index is -0.489. The van der Waals surface area contributed by atoms with Crippen LogP contribution in [0, 0.1) is 5.92 Å². The Morgan fingerprint density at radius 2 is 1.81 bits per heavy atom. The standard InChI is InChI=1S/C14H20O2/c1-3-12(2)11-14(15-9-10-16-14)13-7-5-4-6-8-13/h4-8,12H,3,9-11H2,1-2H3. The summed E-state index contributed by atoms with van der Waals surface area (Å²) in [6.07, 6.45) is 2.09. The van der Waals surface area contributed by atoms with Crippen LogP contribution in [0.2, 0.25) is 0 Å². The van der Waals surface area contributed by atoms with Crippen LogP contribution in [0.15, 0.2) is 30.3 Å². The van der Waals surface area contributed by atoms with E-state index in [1.807, 2.05) is 18.2 Å². The molecule has 2 nitrogen and oxygen atoms in total. The summed E-state index contributed by atoms with van der Waals surface area (Å²) in [7, 11) is 0. The van der Waals surface area contributed by atoms with Gasteiger partial charge in [-0.3, -0.25) is 0 Å². The lowest BCUT2D eigenvalue weighted by Gasteiger charge is -2.30. The van der Waals surface area contributed by atoms with E-state index in [0.29, 0.717) is 19.1 Å². The highest BCUT2D eigenvalue weighted by Crippen LogP contribution is 2.37. The van der Waals surface area contributed by atoms with Crippen molar-refractivity contribution >= 4 is 0 Å². The molecule has 0 spiro atoms. The first-order valence-electron chi connectivity index (χ1n) is 6.10. The van der Waals surface area contributed by atoms with Crippen molar-refractivity contribution in [3.05, 3.63) is 35.9 Å². The quantitative estimate of drug-likeness (QED) is 0.775. The zero-order valence-electron chi connectivity index (χ0n) is 10.1. The molecule has 2 rings (SSSR count). The molecular formula is C14H20O2. The van der Waals surface area contributed by atoms with Crippen molar-refractivity contribution < 1.29 is 9.47 Å². The molecule has 1 unspecified atom stereocenters. The zero-order valence-corrected chi connectivity index (χ0v) is 10.1. The van der Waals surface area contributed by atoms with Gasteiger partial charge in [0.2, 0.25) is 0 Å². The first kappa shape index (κ1) is 11.6. The normalized spacial score (nSPS) is 20.9. The average Bonchev–Trinajstić information content (AvgIpc) is 2.80. The Balaban J connectivity index is 2.22. The van der Waals surface area contributed by atoms with Crippen LogP contribution >= 0.6 is 0 Å². The van der Waals surface area contributed by atoms with Crippen LogP contribution in [0.3, 0.4) is 0 Å². The smallest absolute Gasteiger partial charge is 0.195 e. The summed E-state index contributed by atoms with van der Waals surface area (Å²) >= 11 is 0. The molecule has 0 N–H and O–H groups in total. The summed E-state index contributed by atoms with van der Waals surface area (Å²) in [5.74, 6) is 0.120. The van der Waals surface area contributed by atoms with Gasteiger partial charge < -0.3 is 9.47 Å². The Kier molecular flexibility index (Phi) is 3.62. The Morgan fingerprint density at radius 3 is 2.38 bits per heavy atom. The molecule has 0 radical (unpaired) electrons. The Bertz CT molecular complexity index is 315. The van der Waals surface area contributed by atoms with E-state index in [1.54, 1.807) is 0 Å². The van der Waals surface area contributed by atoms with Crippen molar-refractivity contribution in [1.82, 2.24) is 0 Å². The Morgan fingerprint density at radius 1 is 1.19 bits per heavy atom. The lowest BCUT2D eigenvalue weighted by Crippen LogP contribution is -2.29. The lowest BCUT2D eigenvalue weighted by atomic mass is 9.93. The van der Waals surface area contributed by atoms with E-state index in [0.717, 1.165) is 18.4 Å². The molecule has 0 aromatic heterocycles. The van der Waals surface area contributed by atoms with Crippen LogP contribution in [0.25, 0.3) is 0 Å². The van der Waals surface area contributed by atoms with Gasteiger partial charge in [0.1, 0.15) is 0 Å². The highest BCUT2D eigenvalue weighted by molar-refractivity contribution is 5.21. The summed E-state index contributed by atoms with van der Waals surface area (Å²) in [5.41, 5.74) is 1.15. The molecule has 16 heavy (non-hydrogen) atoms. The molecule has 1 fully saturated rings. The molecule has 88 valence electrons. The van der Waals surface area contributed by atoms with E-state index < -0.39 is 5.79 Å². The van der Waals surface area contributed by atoms with Crippen molar-refractivity contribution in [2.45, 2.75) is 32.5 Å². The average molecular weight is 220 g/mol. The molecule has 0 amide bonds. The second kappa shape index (κ2) is 4.98. The summed E-state index contributed by atoms with van der Waals surface area (Å²) in [6, 6.07) is 10.3. The third kappa shape index (κ3) is 2.28. The maximum Gasteiger partial charge on any atom is 0.195 e. The topological polar surface area (TPSA) is 18.5 Å². The van der Waals surface area contributed by atoms with Gasteiger partial charge in [-0.2, -0.15) is 0 Å². The predicted molar refractivity (Wildman–Crippen MR) is 64.1 cm³/mol. The van der Waals surface area contributed by atoms with Crippen molar-refractivity contribution in [3.63, 3.8) is 0 Å². The number of ether oxygens (including phenoxy) is 2. The number of benzene rings is 1. The number of hydrogen-bond acceptors (Lipinski definition) is 2. The van der Waals surface area contributed by atoms with Crippen LogP contribution in [0.1, 0.15) is 32.3 Å². The van der Waals surface area contributed by atoms with Gasteiger partial charge in [0.05, 0.1) is 13.2 Å². The first-order chi connectivity index (χ1) is 7.77. The molecule has 2 heteroatoms. The van der Waals surface area contributed by atoms with Crippen LogP contribution in [-0.4, -0.2) is 13.2 Å². The van der Waals surface area contributed by atoms with Crippen molar-refractivity contribution in [3.8, 4) is 0 Å². The maximum absolute atomic E-state index is 5.88. The lowest BCUT2D eigenvalue weighted by molar-refractivity contribution is -0.178. The summed E-state index contributed by atoms with van der Waals surface area (Å²) in [5, 5.41) is 0. The van der Waals surface area contributed by atoms with Gasteiger partial charge in [-0.05, 0) is 5.92 Å². The molecule has 1 heterocycles. The molecule has 1 aromatic rings. The van der Waals surface area contributed by atoms with E-state index in [9.17, 15) is 0 Å². The SMILES string of the molecule is CCC(C)CC1(c2ccccc2)OCCO1. The molecule has 0 aliphatic carbocycles. The highest BCUT2D eigenvalue weighted by Gasteiger charge is 2.39. The third-order valence-corrected chi connectivity index (χ3v) is 3.28. The van der Waals surface area contributed by atoms with E-state index in [-0.39, 0.29) is 0 Å². The maximum atomic E-state index is 5.88. The summed E-state index contributed by atoms with van der Waals surface area (Å²) in [4.78, 5) is 0. The Labute approximate surface area is 97.6 Å². The van der Waals surface area contributed by atoms with Crippen LogP contribution in [-0.2, 0) is 15.3 Å². The molecule has 0 saturated carbocycles. The van der Waals surface area contributed by atoms with Crippen LogP contribution < -0.4 is 0 Å². The summed E-state index contributed by atoms with van der Waals surface area (Å²) in [6.45, 7) is 5.85. The van der Waals surface area contributed by atoms with Gasteiger partial charge in [0.25, 0.3) is 0 Å².